The number of rotatable bonds is 2. The van der Waals surface area contributed by atoms with Crippen LogP contribution in [0.5, 0.6) is 5.88 Å². The Morgan fingerprint density at radius 3 is 2.83 bits per heavy atom. The van der Waals surface area contributed by atoms with Crippen molar-refractivity contribution in [1.29, 1.82) is 0 Å². The van der Waals surface area contributed by atoms with E-state index in [1.54, 1.807) is 0 Å². The van der Waals surface area contributed by atoms with Crippen molar-refractivity contribution in [3.05, 3.63) is 23.0 Å². The zero-order valence-corrected chi connectivity index (χ0v) is 10.3. The van der Waals surface area contributed by atoms with Gasteiger partial charge in [-0.3, -0.25) is 0 Å². The number of hydrogen-bond acceptors (Lipinski definition) is 6. The highest BCUT2D eigenvalue weighted by atomic mass is 35.5. The van der Waals surface area contributed by atoms with Gasteiger partial charge in [-0.1, -0.05) is 11.6 Å². The summed E-state index contributed by atoms with van der Waals surface area (Å²) in [6.07, 6.45) is -1.08. The summed E-state index contributed by atoms with van der Waals surface area (Å²) in [6.45, 7) is 0. The molecule has 0 radical (unpaired) electrons. The van der Waals surface area contributed by atoms with Crippen LogP contribution in [0.25, 0.3) is 11.3 Å². The molecule has 6 nitrogen and oxygen atoms in total. The van der Waals surface area contributed by atoms with E-state index in [0.29, 0.717) is 0 Å². The van der Waals surface area contributed by atoms with E-state index in [4.69, 9.17) is 23.1 Å². The Bertz CT molecular complexity index is 619. The SMILES string of the molecule is NC(=O)Oc1nsnc1-c1c(F)ccc(N)c1Cl. The van der Waals surface area contributed by atoms with Crippen LogP contribution in [0.3, 0.4) is 0 Å². The minimum Gasteiger partial charge on any atom is -0.398 e. The number of benzene rings is 1. The summed E-state index contributed by atoms with van der Waals surface area (Å²) in [7, 11) is 0. The number of amides is 1. The maximum atomic E-state index is 13.7. The van der Waals surface area contributed by atoms with Gasteiger partial charge in [-0.15, -0.1) is 4.37 Å². The van der Waals surface area contributed by atoms with E-state index in [9.17, 15) is 9.18 Å². The molecule has 2 aromatic rings. The minimum atomic E-state index is -1.08. The summed E-state index contributed by atoms with van der Waals surface area (Å²) in [6, 6.07) is 2.44. The molecule has 0 aliphatic heterocycles. The van der Waals surface area contributed by atoms with Crippen molar-refractivity contribution in [2.75, 3.05) is 5.73 Å². The molecule has 0 bridgehead atoms. The number of nitrogen functional groups attached to an aromatic ring is 1. The van der Waals surface area contributed by atoms with Gasteiger partial charge in [-0.25, -0.2) is 9.18 Å². The summed E-state index contributed by atoms with van der Waals surface area (Å²) in [5.74, 6) is -0.866. The second-order valence-corrected chi connectivity index (χ2v) is 4.07. The molecular weight excluding hydrogens is 283 g/mol. The summed E-state index contributed by atoms with van der Waals surface area (Å²) < 4.78 is 25.8. The van der Waals surface area contributed by atoms with Crippen LogP contribution in [0, 0.1) is 5.82 Å². The van der Waals surface area contributed by atoms with Gasteiger partial charge < -0.3 is 16.2 Å². The van der Waals surface area contributed by atoms with Gasteiger partial charge in [0.05, 0.1) is 28.0 Å². The second kappa shape index (κ2) is 4.75. The lowest BCUT2D eigenvalue weighted by molar-refractivity contribution is 0.209. The summed E-state index contributed by atoms with van der Waals surface area (Å²) in [5, 5.41) is -0.0305. The number of carbonyl (C=O) groups is 1. The topological polar surface area (TPSA) is 104 Å². The zero-order valence-electron chi connectivity index (χ0n) is 8.68. The second-order valence-electron chi connectivity index (χ2n) is 3.16. The first-order valence-electron chi connectivity index (χ1n) is 4.54. The number of hydrogen-bond donors (Lipinski definition) is 2. The average Bonchev–Trinajstić information content (AvgIpc) is 2.72. The van der Waals surface area contributed by atoms with E-state index in [-0.39, 0.29) is 27.8 Å². The summed E-state index contributed by atoms with van der Waals surface area (Å²) in [5.41, 5.74) is 10.5. The van der Waals surface area contributed by atoms with E-state index in [1.165, 1.54) is 6.07 Å². The van der Waals surface area contributed by atoms with Gasteiger partial charge >= 0.3 is 6.09 Å². The molecule has 0 fully saturated rings. The molecule has 0 unspecified atom stereocenters. The Hall–Kier alpha value is -1.93. The van der Waals surface area contributed by atoms with Crippen LogP contribution in [-0.2, 0) is 0 Å². The van der Waals surface area contributed by atoms with Crippen LogP contribution in [0.4, 0.5) is 14.9 Å². The van der Waals surface area contributed by atoms with Crippen LogP contribution in [0.2, 0.25) is 5.02 Å². The zero-order chi connectivity index (χ0) is 13.3. The molecule has 0 aliphatic carbocycles. The van der Waals surface area contributed by atoms with Gasteiger partial charge in [0.1, 0.15) is 5.82 Å². The lowest BCUT2D eigenvalue weighted by Gasteiger charge is -2.06. The molecule has 1 amide bonds. The number of aromatic nitrogens is 2. The molecular formula is C9H6ClFN4O2S. The van der Waals surface area contributed by atoms with E-state index in [1.807, 2.05) is 0 Å². The average molecular weight is 289 g/mol. The fraction of sp³-hybridized carbons (Fsp3) is 0. The molecule has 0 saturated carbocycles. The molecule has 9 heteroatoms. The predicted molar refractivity (Wildman–Crippen MR) is 64.9 cm³/mol. The molecule has 0 saturated heterocycles. The van der Waals surface area contributed by atoms with Crippen molar-refractivity contribution < 1.29 is 13.9 Å². The van der Waals surface area contributed by atoms with Gasteiger partial charge in [0, 0.05) is 0 Å². The maximum Gasteiger partial charge on any atom is 0.411 e. The number of primary amides is 1. The number of carbonyl (C=O) groups excluding carboxylic acids is 1. The Balaban J connectivity index is 2.59. The van der Waals surface area contributed by atoms with Crippen LogP contribution < -0.4 is 16.2 Å². The first kappa shape index (κ1) is 12.5. The van der Waals surface area contributed by atoms with Crippen molar-refractivity contribution in [1.82, 2.24) is 8.75 Å². The van der Waals surface area contributed by atoms with Crippen LogP contribution >= 0.6 is 23.3 Å². The monoisotopic (exact) mass is 288 g/mol. The molecule has 2 rings (SSSR count). The smallest absolute Gasteiger partial charge is 0.398 e. The number of nitrogens with zero attached hydrogens (tertiary/aromatic N) is 2. The highest BCUT2D eigenvalue weighted by Gasteiger charge is 2.21. The number of ether oxygens (including phenoxy) is 1. The van der Waals surface area contributed by atoms with Crippen LogP contribution in [0.1, 0.15) is 0 Å². The molecule has 1 aromatic heterocycles. The van der Waals surface area contributed by atoms with Crippen LogP contribution in [0.15, 0.2) is 12.1 Å². The van der Waals surface area contributed by atoms with Crippen molar-refractivity contribution in [2.24, 2.45) is 5.73 Å². The maximum absolute atomic E-state index is 13.7. The first-order chi connectivity index (χ1) is 8.50. The predicted octanol–water partition coefficient (Wildman–Crippen LogP) is 2.04. The van der Waals surface area contributed by atoms with Crippen molar-refractivity contribution >= 4 is 35.1 Å². The quantitative estimate of drug-likeness (QED) is 0.823. The van der Waals surface area contributed by atoms with E-state index >= 15 is 0 Å². The lowest BCUT2D eigenvalue weighted by Crippen LogP contribution is -2.16. The lowest BCUT2D eigenvalue weighted by atomic mass is 10.1. The fourth-order valence-corrected chi connectivity index (χ4v) is 2.01. The highest BCUT2D eigenvalue weighted by molar-refractivity contribution is 6.99. The molecule has 4 N–H and O–H groups in total. The van der Waals surface area contributed by atoms with Crippen molar-refractivity contribution in [2.45, 2.75) is 0 Å². The van der Waals surface area contributed by atoms with E-state index in [2.05, 4.69) is 13.5 Å². The number of nitrogens with two attached hydrogens (primary N) is 2. The number of anilines is 1. The van der Waals surface area contributed by atoms with E-state index < -0.39 is 11.9 Å². The summed E-state index contributed by atoms with van der Waals surface area (Å²) >= 11 is 6.63. The van der Waals surface area contributed by atoms with Crippen molar-refractivity contribution in [3.63, 3.8) is 0 Å². The fourth-order valence-electron chi connectivity index (χ4n) is 1.28. The molecule has 0 atom stereocenters. The van der Waals surface area contributed by atoms with Gasteiger partial charge in [0.25, 0.3) is 5.88 Å². The Kier molecular flexibility index (Phi) is 3.30. The number of halogens is 2. The summed E-state index contributed by atoms with van der Waals surface area (Å²) in [4.78, 5) is 10.7. The largest absolute Gasteiger partial charge is 0.411 e. The molecule has 0 spiro atoms. The third-order valence-electron chi connectivity index (χ3n) is 2.01. The molecule has 1 aromatic carbocycles. The Morgan fingerprint density at radius 2 is 2.17 bits per heavy atom. The molecule has 1 heterocycles. The van der Waals surface area contributed by atoms with Gasteiger partial charge in [-0.2, -0.15) is 4.37 Å². The third kappa shape index (κ3) is 2.20. The Labute approximate surface area is 110 Å². The normalized spacial score (nSPS) is 10.3. The molecule has 18 heavy (non-hydrogen) atoms. The third-order valence-corrected chi connectivity index (χ3v) is 2.93. The van der Waals surface area contributed by atoms with Gasteiger partial charge in [0.2, 0.25) is 0 Å². The van der Waals surface area contributed by atoms with Crippen molar-refractivity contribution in [3.8, 4) is 17.1 Å². The Morgan fingerprint density at radius 1 is 1.44 bits per heavy atom. The standard InChI is InChI=1S/C9H6ClFN4O2S/c10-6-4(12)2-1-3(11)5(6)7-8(15-18-14-7)17-9(13)16/h1-2H,12H2,(H2,13,16). The molecule has 0 aliphatic rings. The van der Waals surface area contributed by atoms with Crippen LogP contribution in [-0.4, -0.2) is 14.8 Å². The van der Waals surface area contributed by atoms with E-state index in [0.717, 1.165) is 17.8 Å². The minimum absolute atomic E-state index is 0.0198. The molecule has 94 valence electrons. The van der Waals surface area contributed by atoms with Gasteiger partial charge in [-0.05, 0) is 12.1 Å². The highest BCUT2D eigenvalue weighted by Crippen LogP contribution is 2.38. The van der Waals surface area contributed by atoms with Gasteiger partial charge in [0.15, 0.2) is 5.69 Å². The first-order valence-corrected chi connectivity index (χ1v) is 5.65.